The summed E-state index contributed by atoms with van der Waals surface area (Å²) in [6.07, 6.45) is -0.330. The van der Waals surface area contributed by atoms with Crippen molar-refractivity contribution in [3.05, 3.63) is 35.9 Å². The van der Waals surface area contributed by atoms with E-state index in [0.29, 0.717) is 19.5 Å². The number of rotatable bonds is 3. The highest BCUT2D eigenvalue weighted by Crippen LogP contribution is 2.14. The first-order chi connectivity index (χ1) is 11.7. The van der Waals surface area contributed by atoms with E-state index >= 15 is 0 Å². The molecule has 0 aromatic heterocycles. The van der Waals surface area contributed by atoms with Gasteiger partial charge in [-0.15, -0.1) is 0 Å². The molecule has 7 heteroatoms. The molecule has 1 heterocycles. The molecule has 1 fully saturated rings. The standard InChI is InChI=1S/C18H27N3O4/c1-18(2,3)25-16(22)20-15-9-10-21(11-14(15)19)17(23)24-12-13-7-5-4-6-8-13/h4-8,14-15H,9-12,19H2,1-3H3,(H,20,22)/t14?,15-/m0/s1. The third-order valence-electron chi connectivity index (χ3n) is 3.82. The van der Waals surface area contributed by atoms with E-state index in [1.54, 1.807) is 25.7 Å². The zero-order valence-electron chi connectivity index (χ0n) is 15.0. The molecule has 1 unspecified atom stereocenters. The van der Waals surface area contributed by atoms with E-state index in [0.717, 1.165) is 5.56 Å². The molecule has 2 amide bonds. The summed E-state index contributed by atoms with van der Waals surface area (Å²) >= 11 is 0. The summed E-state index contributed by atoms with van der Waals surface area (Å²) in [5.74, 6) is 0. The van der Waals surface area contributed by atoms with Crippen molar-refractivity contribution in [1.82, 2.24) is 10.2 Å². The number of nitrogens with two attached hydrogens (primary N) is 1. The van der Waals surface area contributed by atoms with Crippen LogP contribution in [0.5, 0.6) is 0 Å². The molecule has 1 aromatic rings. The molecule has 7 nitrogen and oxygen atoms in total. The lowest BCUT2D eigenvalue weighted by Gasteiger charge is -2.36. The van der Waals surface area contributed by atoms with E-state index < -0.39 is 17.8 Å². The van der Waals surface area contributed by atoms with Crippen LogP contribution in [0.25, 0.3) is 0 Å². The summed E-state index contributed by atoms with van der Waals surface area (Å²) in [4.78, 5) is 25.6. The van der Waals surface area contributed by atoms with Gasteiger partial charge >= 0.3 is 12.2 Å². The third-order valence-corrected chi connectivity index (χ3v) is 3.82. The molecule has 1 aromatic carbocycles. The van der Waals surface area contributed by atoms with Crippen molar-refractivity contribution in [3.8, 4) is 0 Å². The molecule has 2 rings (SSSR count). The van der Waals surface area contributed by atoms with E-state index in [4.69, 9.17) is 15.2 Å². The minimum atomic E-state index is -0.559. The highest BCUT2D eigenvalue weighted by atomic mass is 16.6. The predicted octanol–water partition coefficient (Wildman–Crippen LogP) is 2.25. The Labute approximate surface area is 148 Å². The Hall–Kier alpha value is -2.28. The Bertz CT molecular complexity index is 586. The number of piperidine rings is 1. The maximum absolute atomic E-state index is 12.2. The maximum Gasteiger partial charge on any atom is 0.410 e. The van der Waals surface area contributed by atoms with Gasteiger partial charge in [-0.25, -0.2) is 9.59 Å². The molecule has 25 heavy (non-hydrogen) atoms. The van der Waals surface area contributed by atoms with Crippen LogP contribution in [0.4, 0.5) is 9.59 Å². The number of benzene rings is 1. The second-order valence-corrected chi connectivity index (χ2v) is 7.19. The van der Waals surface area contributed by atoms with E-state index in [-0.39, 0.29) is 18.7 Å². The fourth-order valence-corrected chi connectivity index (χ4v) is 2.60. The zero-order valence-corrected chi connectivity index (χ0v) is 15.0. The smallest absolute Gasteiger partial charge is 0.410 e. The quantitative estimate of drug-likeness (QED) is 0.873. The van der Waals surface area contributed by atoms with Crippen molar-refractivity contribution in [3.63, 3.8) is 0 Å². The van der Waals surface area contributed by atoms with Crippen LogP contribution >= 0.6 is 0 Å². The molecule has 0 radical (unpaired) electrons. The monoisotopic (exact) mass is 349 g/mol. The highest BCUT2D eigenvalue weighted by Gasteiger charge is 2.31. The molecule has 0 spiro atoms. The predicted molar refractivity (Wildman–Crippen MR) is 94.0 cm³/mol. The number of nitrogens with zero attached hydrogens (tertiary/aromatic N) is 1. The number of amides is 2. The maximum atomic E-state index is 12.2. The number of alkyl carbamates (subject to hydrolysis) is 1. The number of hydrogen-bond donors (Lipinski definition) is 2. The molecular weight excluding hydrogens is 322 g/mol. The minimum Gasteiger partial charge on any atom is -0.445 e. The number of hydrogen-bond acceptors (Lipinski definition) is 5. The summed E-state index contributed by atoms with van der Waals surface area (Å²) in [6, 6.07) is 8.90. The van der Waals surface area contributed by atoms with Crippen molar-refractivity contribution in [2.24, 2.45) is 5.73 Å². The van der Waals surface area contributed by atoms with Gasteiger partial charge in [-0.3, -0.25) is 0 Å². The van der Waals surface area contributed by atoms with Gasteiger partial charge in [0.25, 0.3) is 0 Å². The van der Waals surface area contributed by atoms with Gasteiger partial charge in [0, 0.05) is 19.1 Å². The van der Waals surface area contributed by atoms with E-state index in [1.807, 2.05) is 30.3 Å². The Morgan fingerprint density at radius 2 is 1.96 bits per heavy atom. The Morgan fingerprint density at radius 1 is 1.28 bits per heavy atom. The number of ether oxygens (including phenoxy) is 2. The molecule has 2 atom stereocenters. The second-order valence-electron chi connectivity index (χ2n) is 7.19. The number of carbonyl (C=O) groups excluding carboxylic acids is 2. The molecule has 138 valence electrons. The fourth-order valence-electron chi connectivity index (χ4n) is 2.60. The molecule has 0 saturated carbocycles. The molecule has 1 saturated heterocycles. The molecule has 3 N–H and O–H groups in total. The van der Waals surface area contributed by atoms with Crippen molar-refractivity contribution in [1.29, 1.82) is 0 Å². The lowest BCUT2D eigenvalue weighted by Crippen LogP contribution is -2.59. The molecule has 0 aliphatic carbocycles. The summed E-state index contributed by atoms with van der Waals surface area (Å²) in [7, 11) is 0. The first-order valence-electron chi connectivity index (χ1n) is 8.45. The summed E-state index contributed by atoms with van der Waals surface area (Å²) < 4.78 is 10.6. The van der Waals surface area contributed by atoms with E-state index in [1.165, 1.54) is 0 Å². The Balaban J connectivity index is 1.78. The van der Waals surface area contributed by atoms with Gasteiger partial charge in [-0.2, -0.15) is 0 Å². The topological polar surface area (TPSA) is 93.9 Å². The van der Waals surface area contributed by atoms with Crippen LogP contribution in [-0.4, -0.2) is 47.9 Å². The lowest BCUT2D eigenvalue weighted by molar-refractivity contribution is 0.0455. The van der Waals surface area contributed by atoms with Crippen LogP contribution in [0, 0.1) is 0 Å². The lowest BCUT2D eigenvalue weighted by atomic mass is 10.0. The van der Waals surface area contributed by atoms with Gasteiger partial charge in [-0.05, 0) is 32.8 Å². The number of nitrogens with one attached hydrogen (secondary N) is 1. The molecular formula is C18H27N3O4. The molecule has 0 bridgehead atoms. The number of carbonyl (C=O) groups is 2. The first-order valence-corrected chi connectivity index (χ1v) is 8.45. The van der Waals surface area contributed by atoms with Crippen LogP contribution in [0.3, 0.4) is 0 Å². The number of likely N-dealkylation sites (tertiary alicyclic amines) is 1. The average Bonchev–Trinajstić information content (AvgIpc) is 2.53. The van der Waals surface area contributed by atoms with Crippen molar-refractivity contribution in [2.45, 2.75) is 51.5 Å². The van der Waals surface area contributed by atoms with Gasteiger partial charge in [0.2, 0.25) is 0 Å². The second kappa shape index (κ2) is 8.20. The zero-order chi connectivity index (χ0) is 18.4. The average molecular weight is 349 g/mol. The highest BCUT2D eigenvalue weighted by molar-refractivity contribution is 5.69. The van der Waals surface area contributed by atoms with E-state index in [2.05, 4.69) is 5.32 Å². The van der Waals surface area contributed by atoms with Crippen LogP contribution in [0.15, 0.2) is 30.3 Å². The summed E-state index contributed by atoms with van der Waals surface area (Å²) in [6.45, 7) is 6.44. The van der Waals surface area contributed by atoms with Gasteiger partial charge in [0.05, 0.1) is 6.04 Å². The molecule has 1 aliphatic rings. The van der Waals surface area contributed by atoms with Gasteiger partial charge in [0.15, 0.2) is 0 Å². The minimum absolute atomic E-state index is 0.227. The Morgan fingerprint density at radius 3 is 2.56 bits per heavy atom. The van der Waals surface area contributed by atoms with Crippen LogP contribution in [0.2, 0.25) is 0 Å². The third kappa shape index (κ3) is 6.26. The normalized spacial score (nSPS) is 20.7. The van der Waals surface area contributed by atoms with Gasteiger partial charge in [0.1, 0.15) is 12.2 Å². The fraction of sp³-hybridized carbons (Fsp3) is 0.556. The van der Waals surface area contributed by atoms with Crippen molar-refractivity contribution in [2.75, 3.05) is 13.1 Å². The Kier molecular flexibility index (Phi) is 6.25. The van der Waals surface area contributed by atoms with Crippen LogP contribution in [-0.2, 0) is 16.1 Å². The summed E-state index contributed by atoms with van der Waals surface area (Å²) in [5.41, 5.74) is 6.48. The molecule has 1 aliphatic heterocycles. The van der Waals surface area contributed by atoms with Gasteiger partial charge in [-0.1, -0.05) is 30.3 Å². The van der Waals surface area contributed by atoms with E-state index in [9.17, 15) is 9.59 Å². The van der Waals surface area contributed by atoms with Crippen molar-refractivity contribution >= 4 is 12.2 Å². The SMILES string of the molecule is CC(C)(C)OC(=O)N[C@H]1CCN(C(=O)OCc2ccccc2)CC1N. The van der Waals surface area contributed by atoms with Crippen LogP contribution in [0.1, 0.15) is 32.8 Å². The van der Waals surface area contributed by atoms with Crippen molar-refractivity contribution < 1.29 is 19.1 Å². The summed E-state index contributed by atoms with van der Waals surface area (Å²) in [5, 5.41) is 2.78. The largest absolute Gasteiger partial charge is 0.445 e. The first kappa shape index (κ1) is 19.1. The van der Waals surface area contributed by atoms with Gasteiger partial charge < -0.3 is 25.4 Å². The van der Waals surface area contributed by atoms with Crippen LogP contribution < -0.4 is 11.1 Å².